The Kier molecular flexibility index (Phi) is 6.42. The molecule has 3 N–H and O–H groups in total. The summed E-state index contributed by atoms with van der Waals surface area (Å²) in [7, 11) is 1.65. The highest BCUT2D eigenvalue weighted by molar-refractivity contribution is 5.80. The number of primary amides is 1. The van der Waals surface area contributed by atoms with E-state index in [1.54, 1.807) is 19.2 Å². The third kappa shape index (κ3) is 5.28. The lowest BCUT2D eigenvalue weighted by molar-refractivity contribution is -0.122. The maximum atomic E-state index is 13.0. The molecule has 5 nitrogen and oxygen atoms in total. The summed E-state index contributed by atoms with van der Waals surface area (Å²) in [6.45, 7) is 2.22. The van der Waals surface area contributed by atoms with Crippen molar-refractivity contribution in [1.29, 1.82) is 0 Å². The number of halogens is 1. The summed E-state index contributed by atoms with van der Waals surface area (Å²) in [5, 5.41) is 3.52. The number of nitrogens with zero attached hydrogens (tertiary/aromatic N) is 1. The van der Waals surface area contributed by atoms with Crippen molar-refractivity contribution in [2.75, 3.05) is 20.2 Å². The Morgan fingerprint density at radius 2 is 1.85 bits per heavy atom. The molecule has 144 valence electrons. The number of rotatable bonds is 8. The molecule has 2 atom stereocenters. The van der Waals surface area contributed by atoms with Gasteiger partial charge in [0.1, 0.15) is 11.6 Å². The SMILES string of the molecule is COc1ccc(CNC2CC(C(N)=O)N(CCc3ccc(F)cc3)C2)cc1. The molecule has 1 fully saturated rings. The summed E-state index contributed by atoms with van der Waals surface area (Å²) in [4.78, 5) is 14.0. The van der Waals surface area contributed by atoms with Crippen molar-refractivity contribution in [3.05, 3.63) is 65.5 Å². The third-order valence-corrected chi connectivity index (χ3v) is 5.09. The topological polar surface area (TPSA) is 67.6 Å². The predicted octanol–water partition coefficient (Wildman–Crippen LogP) is 2.09. The average Bonchev–Trinajstić information content (AvgIpc) is 3.10. The van der Waals surface area contributed by atoms with Gasteiger partial charge in [-0.1, -0.05) is 24.3 Å². The largest absolute Gasteiger partial charge is 0.497 e. The molecule has 0 radical (unpaired) electrons. The molecule has 6 heteroatoms. The van der Waals surface area contributed by atoms with Crippen LogP contribution < -0.4 is 15.8 Å². The third-order valence-electron chi connectivity index (χ3n) is 5.09. The summed E-state index contributed by atoms with van der Waals surface area (Å²) in [6.07, 6.45) is 1.46. The zero-order valence-corrected chi connectivity index (χ0v) is 15.5. The van der Waals surface area contributed by atoms with Gasteiger partial charge in [0, 0.05) is 25.7 Å². The van der Waals surface area contributed by atoms with Crippen molar-refractivity contribution >= 4 is 5.91 Å². The number of benzene rings is 2. The van der Waals surface area contributed by atoms with Gasteiger partial charge >= 0.3 is 0 Å². The molecule has 1 aliphatic rings. The summed E-state index contributed by atoms with van der Waals surface area (Å²) < 4.78 is 18.2. The van der Waals surface area contributed by atoms with Crippen LogP contribution in [0, 0.1) is 5.82 Å². The lowest BCUT2D eigenvalue weighted by Crippen LogP contribution is -2.41. The maximum absolute atomic E-state index is 13.0. The Bertz CT molecular complexity index is 749. The van der Waals surface area contributed by atoms with Gasteiger partial charge in [0.25, 0.3) is 0 Å². The number of carbonyl (C=O) groups excluding carboxylic acids is 1. The van der Waals surface area contributed by atoms with E-state index in [2.05, 4.69) is 10.2 Å². The highest BCUT2D eigenvalue weighted by atomic mass is 19.1. The first-order chi connectivity index (χ1) is 13.0. The summed E-state index contributed by atoms with van der Waals surface area (Å²) in [5.41, 5.74) is 7.82. The number of methoxy groups -OCH3 is 1. The predicted molar refractivity (Wildman–Crippen MR) is 103 cm³/mol. The van der Waals surface area contributed by atoms with Crippen molar-refractivity contribution in [2.24, 2.45) is 5.73 Å². The van der Waals surface area contributed by atoms with Gasteiger partial charge in [-0.05, 0) is 48.2 Å². The first-order valence-corrected chi connectivity index (χ1v) is 9.19. The molecule has 0 saturated carbocycles. The van der Waals surface area contributed by atoms with Crippen LogP contribution >= 0.6 is 0 Å². The fraction of sp³-hybridized carbons (Fsp3) is 0.381. The minimum absolute atomic E-state index is 0.206. The Morgan fingerprint density at radius 3 is 2.48 bits per heavy atom. The molecule has 2 aromatic rings. The van der Waals surface area contributed by atoms with E-state index in [0.29, 0.717) is 6.42 Å². The van der Waals surface area contributed by atoms with Crippen LogP contribution in [0.25, 0.3) is 0 Å². The Balaban J connectivity index is 1.53. The molecule has 0 spiro atoms. The molecule has 1 amide bonds. The Hall–Kier alpha value is -2.44. The van der Waals surface area contributed by atoms with E-state index in [4.69, 9.17) is 10.5 Å². The fourth-order valence-electron chi connectivity index (χ4n) is 3.52. The average molecular weight is 371 g/mol. The monoisotopic (exact) mass is 371 g/mol. The number of amides is 1. The van der Waals surface area contributed by atoms with E-state index in [1.807, 2.05) is 24.3 Å². The van der Waals surface area contributed by atoms with Gasteiger partial charge in [0.2, 0.25) is 5.91 Å². The van der Waals surface area contributed by atoms with E-state index < -0.39 is 0 Å². The molecule has 1 saturated heterocycles. The van der Waals surface area contributed by atoms with E-state index in [1.165, 1.54) is 12.1 Å². The second-order valence-electron chi connectivity index (χ2n) is 6.95. The van der Waals surface area contributed by atoms with Crippen LogP contribution in [0.15, 0.2) is 48.5 Å². The van der Waals surface area contributed by atoms with Crippen molar-refractivity contribution < 1.29 is 13.9 Å². The maximum Gasteiger partial charge on any atom is 0.234 e. The zero-order chi connectivity index (χ0) is 19.2. The Labute approximate surface area is 159 Å². The first-order valence-electron chi connectivity index (χ1n) is 9.19. The van der Waals surface area contributed by atoms with Gasteiger partial charge in [0.05, 0.1) is 13.2 Å². The summed E-state index contributed by atoms with van der Waals surface area (Å²) in [5.74, 6) is 0.306. The quantitative estimate of drug-likeness (QED) is 0.746. The number of nitrogens with two attached hydrogens (primary N) is 1. The number of hydrogen-bond acceptors (Lipinski definition) is 4. The molecule has 0 aliphatic carbocycles. The molecule has 1 heterocycles. The minimum Gasteiger partial charge on any atom is -0.497 e. The van der Waals surface area contributed by atoms with Crippen LogP contribution in [0.4, 0.5) is 4.39 Å². The molecule has 3 rings (SSSR count). The highest BCUT2D eigenvalue weighted by Gasteiger charge is 2.34. The molecular formula is C21H26FN3O2. The number of carbonyl (C=O) groups is 1. The number of likely N-dealkylation sites (tertiary alicyclic amines) is 1. The Morgan fingerprint density at radius 1 is 1.19 bits per heavy atom. The normalized spacial score (nSPS) is 19.9. The van der Waals surface area contributed by atoms with Crippen molar-refractivity contribution in [3.63, 3.8) is 0 Å². The van der Waals surface area contributed by atoms with Crippen LogP contribution in [0.1, 0.15) is 17.5 Å². The smallest absolute Gasteiger partial charge is 0.234 e. The van der Waals surface area contributed by atoms with Crippen molar-refractivity contribution in [1.82, 2.24) is 10.2 Å². The minimum atomic E-state index is -0.289. The van der Waals surface area contributed by atoms with Crippen LogP contribution in [0.5, 0.6) is 5.75 Å². The van der Waals surface area contributed by atoms with Gasteiger partial charge < -0.3 is 15.8 Å². The van der Waals surface area contributed by atoms with E-state index >= 15 is 0 Å². The number of nitrogens with one attached hydrogen (secondary N) is 1. The first kappa shape index (κ1) is 19.3. The molecule has 2 aromatic carbocycles. The highest BCUT2D eigenvalue weighted by Crippen LogP contribution is 2.19. The van der Waals surface area contributed by atoms with Crippen molar-refractivity contribution in [3.8, 4) is 5.75 Å². The molecule has 0 aromatic heterocycles. The zero-order valence-electron chi connectivity index (χ0n) is 15.5. The van der Waals surface area contributed by atoms with Crippen LogP contribution in [-0.2, 0) is 17.8 Å². The summed E-state index contributed by atoms with van der Waals surface area (Å²) >= 11 is 0. The van der Waals surface area contributed by atoms with Gasteiger partial charge in [-0.2, -0.15) is 0 Å². The summed E-state index contributed by atoms with van der Waals surface area (Å²) in [6, 6.07) is 14.4. The number of ether oxygens (including phenoxy) is 1. The van der Waals surface area contributed by atoms with Gasteiger partial charge in [0.15, 0.2) is 0 Å². The van der Waals surface area contributed by atoms with Crippen molar-refractivity contribution in [2.45, 2.75) is 31.5 Å². The molecule has 27 heavy (non-hydrogen) atoms. The molecule has 2 unspecified atom stereocenters. The lowest BCUT2D eigenvalue weighted by Gasteiger charge is -2.21. The van der Waals surface area contributed by atoms with E-state index in [9.17, 15) is 9.18 Å². The number of hydrogen-bond donors (Lipinski definition) is 2. The standard InChI is InChI=1S/C21H26FN3O2/c1-27-19-8-4-16(5-9-19)13-24-18-12-20(21(23)26)25(14-18)11-10-15-2-6-17(22)7-3-15/h2-9,18,20,24H,10-14H2,1H3,(H2,23,26). The fourth-order valence-corrected chi connectivity index (χ4v) is 3.52. The van der Waals surface area contributed by atoms with E-state index in [0.717, 1.165) is 42.9 Å². The second kappa shape index (κ2) is 8.97. The van der Waals surface area contributed by atoms with Gasteiger partial charge in [-0.25, -0.2) is 4.39 Å². The molecule has 0 bridgehead atoms. The van der Waals surface area contributed by atoms with E-state index in [-0.39, 0.29) is 23.8 Å². The second-order valence-corrected chi connectivity index (χ2v) is 6.95. The van der Waals surface area contributed by atoms with Gasteiger partial charge in [-0.3, -0.25) is 9.69 Å². The molecule has 1 aliphatic heterocycles. The molecular weight excluding hydrogens is 345 g/mol. The van der Waals surface area contributed by atoms with Gasteiger partial charge in [-0.15, -0.1) is 0 Å². The lowest BCUT2D eigenvalue weighted by atomic mass is 10.1. The van der Waals surface area contributed by atoms with Crippen LogP contribution in [0.3, 0.4) is 0 Å². The van der Waals surface area contributed by atoms with Crippen LogP contribution in [0.2, 0.25) is 0 Å². The van der Waals surface area contributed by atoms with Crippen LogP contribution in [-0.4, -0.2) is 43.1 Å².